The number of amides is 1. The SMILES string of the molecule is COC(CNC(=O)c1cc(S(=O)(=O)NCc2ccco2)ccc1C)C(=O)O. The van der Waals surface area contributed by atoms with E-state index in [1.165, 1.54) is 31.6 Å². The Kier molecular flexibility index (Phi) is 6.72. The Morgan fingerprint density at radius 1 is 1.30 bits per heavy atom. The molecule has 1 unspecified atom stereocenters. The van der Waals surface area contributed by atoms with Gasteiger partial charge in [0, 0.05) is 12.7 Å². The number of aliphatic carboxylic acids is 1. The molecule has 1 amide bonds. The van der Waals surface area contributed by atoms with Crippen molar-refractivity contribution < 1.29 is 32.3 Å². The summed E-state index contributed by atoms with van der Waals surface area (Å²) >= 11 is 0. The van der Waals surface area contributed by atoms with Gasteiger partial charge in [-0.3, -0.25) is 4.79 Å². The third-order valence-corrected chi connectivity index (χ3v) is 5.19. The summed E-state index contributed by atoms with van der Waals surface area (Å²) in [7, 11) is -2.65. The molecule has 0 radical (unpaired) electrons. The zero-order valence-corrected chi connectivity index (χ0v) is 15.6. The average molecular weight is 396 g/mol. The number of benzene rings is 1. The second-order valence-electron chi connectivity index (χ2n) is 5.65. The molecular weight excluding hydrogens is 376 g/mol. The van der Waals surface area contributed by atoms with Gasteiger partial charge in [-0.2, -0.15) is 0 Å². The van der Waals surface area contributed by atoms with E-state index in [1.807, 2.05) is 0 Å². The molecule has 0 bridgehead atoms. The molecule has 27 heavy (non-hydrogen) atoms. The molecule has 0 aliphatic carbocycles. The maximum Gasteiger partial charge on any atom is 0.334 e. The predicted molar refractivity (Wildman–Crippen MR) is 94.7 cm³/mol. The van der Waals surface area contributed by atoms with Crippen molar-refractivity contribution in [2.45, 2.75) is 24.5 Å². The summed E-state index contributed by atoms with van der Waals surface area (Å²) in [5.41, 5.74) is 0.665. The van der Waals surface area contributed by atoms with Crippen molar-refractivity contribution in [3.05, 3.63) is 53.5 Å². The summed E-state index contributed by atoms with van der Waals surface area (Å²) in [5, 5.41) is 11.4. The monoisotopic (exact) mass is 396 g/mol. The van der Waals surface area contributed by atoms with E-state index < -0.39 is 28.0 Å². The van der Waals surface area contributed by atoms with Crippen molar-refractivity contribution in [3.8, 4) is 0 Å². The van der Waals surface area contributed by atoms with Gasteiger partial charge in [0.05, 0.1) is 24.2 Å². The van der Waals surface area contributed by atoms with Crippen LogP contribution in [0.15, 0.2) is 45.9 Å². The standard InChI is InChI=1S/C17H20N2O7S/c1-11-5-6-13(27(23,24)19-9-12-4-3-7-26-12)8-14(11)16(20)18-10-15(25-2)17(21)22/h3-8,15,19H,9-10H2,1-2H3,(H,18,20)(H,21,22). The van der Waals surface area contributed by atoms with Crippen molar-refractivity contribution in [3.63, 3.8) is 0 Å². The van der Waals surface area contributed by atoms with Crippen LogP contribution in [0.1, 0.15) is 21.7 Å². The molecule has 10 heteroatoms. The number of carboxylic acid groups (broad SMARTS) is 1. The van der Waals surface area contributed by atoms with Gasteiger partial charge in [-0.25, -0.2) is 17.9 Å². The molecule has 146 valence electrons. The summed E-state index contributed by atoms with van der Waals surface area (Å²) in [5.74, 6) is -1.37. The van der Waals surface area contributed by atoms with Crippen LogP contribution in [-0.2, 0) is 26.1 Å². The molecule has 2 aromatic rings. The lowest BCUT2D eigenvalue weighted by molar-refractivity contribution is -0.148. The highest BCUT2D eigenvalue weighted by Crippen LogP contribution is 2.16. The van der Waals surface area contributed by atoms with Crippen LogP contribution >= 0.6 is 0 Å². The fourth-order valence-corrected chi connectivity index (χ4v) is 3.25. The van der Waals surface area contributed by atoms with Crippen LogP contribution in [0.4, 0.5) is 0 Å². The van der Waals surface area contributed by atoms with E-state index in [9.17, 15) is 18.0 Å². The van der Waals surface area contributed by atoms with E-state index in [0.29, 0.717) is 11.3 Å². The van der Waals surface area contributed by atoms with Crippen molar-refractivity contribution in [1.29, 1.82) is 0 Å². The molecule has 1 atom stereocenters. The van der Waals surface area contributed by atoms with Gasteiger partial charge in [0.1, 0.15) is 5.76 Å². The van der Waals surface area contributed by atoms with Crippen molar-refractivity contribution >= 4 is 21.9 Å². The van der Waals surface area contributed by atoms with Gasteiger partial charge in [0.25, 0.3) is 5.91 Å². The van der Waals surface area contributed by atoms with E-state index in [0.717, 1.165) is 0 Å². The molecule has 1 heterocycles. The molecule has 0 fully saturated rings. The quantitative estimate of drug-likeness (QED) is 0.573. The Morgan fingerprint density at radius 3 is 2.63 bits per heavy atom. The topological polar surface area (TPSA) is 135 Å². The minimum absolute atomic E-state index is 0.0289. The van der Waals surface area contributed by atoms with E-state index in [-0.39, 0.29) is 23.5 Å². The molecule has 0 spiro atoms. The van der Waals surface area contributed by atoms with Crippen LogP contribution in [0.3, 0.4) is 0 Å². The number of carbonyl (C=O) groups excluding carboxylic acids is 1. The van der Waals surface area contributed by atoms with Crippen LogP contribution < -0.4 is 10.0 Å². The number of rotatable bonds is 9. The van der Waals surface area contributed by atoms with Crippen molar-refractivity contribution in [2.24, 2.45) is 0 Å². The molecule has 0 saturated heterocycles. The second kappa shape index (κ2) is 8.80. The fourth-order valence-electron chi connectivity index (χ4n) is 2.23. The Bertz CT molecular complexity index is 907. The average Bonchev–Trinajstić information content (AvgIpc) is 3.14. The first-order valence-electron chi connectivity index (χ1n) is 7.91. The fraction of sp³-hybridized carbons (Fsp3) is 0.294. The van der Waals surface area contributed by atoms with E-state index in [1.54, 1.807) is 19.1 Å². The first kappa shape index (κ1) is 20.6. The van der Waals surface area contributed by atoms with Crippen molar-refractivity contribution in [2.75, 3.05) is 13.7 Å². The van der Waals surface area contributed by atoms with Crippen LogP contribution in [-0.4, -0.2) is 45.2 Å². The van der Waals surface area contributed by atoms with Crippen LogP contribution in [0.2, 0.25) is 0 Å². The number of hydrogen-bond donors (Lipinski definition) is 3. The number of furan rings is 1. The number of hydrogen-bond acceptors (Lipinski definition) is 6. The van der Waals surface area contributed by atoms with Crippen molar-refractivity contribution in [1.82, 2.24) is 10.0 Å². The van der Waals surface area contributed by atoms with Gasteiger partial charge < -0.3 is 19.6 Å². The Hall–Kier alpha value is -2.69. The largest absolute Gasteiger partial charge is 0.479 e. The minimum Gasteiger partial charge on any atom is -0.479 e. The summed E-state index contributed by atoms with van der Waals surface area (Å²) in [6.45, 7) is 1.36. The van der Waals surface area contributed by atoms with E-state index >= 15 is 0 Å². The molecule has 2 rings (SSSR count). The molecule has 3 N–H and O–H groups in total. The summed E-state index contributed by atoms with van der Waals surface area (Å²) in [6, 6.07) is 7.39. The predicted octanol–water partition coefficient (Wildman–Crippen LogP) is 0.896. The van der Waals surface area contributed by atoms with E-state index in [4.69, 9.17) is 14.3 Å². The third kappa shape index (κ3) is 5.39. The Balaban J connectivity index is 2.14. The normalized spacial score (nSPS) is 12.5. The number of sulfonamides is 1. The first-order chi connectivity index (χ1) is 12.7. The second-order valence-corrected chi connectivity index (χ2v) is 7.42. The molecule has 1 aromatic heterocycles. The lowest BCUT2D eigenvalue weighted by atomic mass is 10.1. The molecule has 0 aliphatic heterocycles. The molecule has 0 aliphatic rings. The summed E-state index contributed by atoms with van der Waals surface area (Å²) in [4.78, 5) is 23.2. The van der Waals surface area contributed by atoms with Gasteiger partial charge in [0.15, 0.2) is 6.10 Å². The van der Waals surface area contributed by atoms with Gasteiger partial charge in [-0.15, -0.1) is 0 Å². The highest BCUT2D eigenvalue weighted by Gasteiger charge is 2.21. The minimum atomic E-state index is -3.87. The lowest BCUT2D eigenvalue weighted by Gasteiger charge is -2.13. The zero-order chi connectivity index (χ0) is 20.0. The van der Waals surface area contributed by atoms with E-state index in [2.05, 4.69) is 10.0 Å². The number of nitrogens with one attached hydrogen (secondary N) is 2. The Morgan fingerprint density at radius 2 is 2.04 bits per heavy atom. The molecular formula is C17H20N2O7S. The van der Waals surface area contributed by atoms with Gasteiger partial charge in [-0.1, -0.05) is 6.07 Å². The van der Waals surface area contributed by atoms with Crippen LogP contribution in [0.5, 0.6) is 0 Å². The number of aryl methyl sites for hydroxylation is 1. The molecule has 9 nitrogen and oxygen atoms in total. The van der Waals surface area contributed by atoms with Crippen LogP contribution in [0.25, 0.3) is 0 Å². The number of methoxy groups -OCH3 is 1. The number of ether oxygens (including phenoxy) is 1. The van der Waals surface area contributed by atoms with Gasteiger partial charge >= 0.3 is 5.97 Å². The molecule has 0 saturated carbocycles. The smallest absolute Gasteiger partial charge is 0.334 e. The zero-order valence-electron chi connectivity index (χ0n) is 14.8. The highest BCUT2D eigenvalue weighted by molar-refractivity contribution is 7.89. The summed E-state index contributed by atoms with van der Waals surface area (Å²) in [6.07, 6.45) is 0.235. The lowest BCUT2D eigenvalue weighted by Crippen LogP contribution is -2.38. The number of carboxylic acids is 1. The Labute approximate surface area is 156 Å². The third-order valence-electron chi connectivity index (χ3n) is 3.79. The summed E-state index contributed by atoms with van der Waals surface area (Å²) < 4.78 is 37.1. The van der Waals surface area contributed by atoms with Crippen LogP contribution in [0, 0.1) is 6.92 Å². The molecule has 1 aromatic carbocycles. The van der Waals surface area contributed by atoms with Gasteiger partial charge in [0.2, 0.25) is 10.0 Å². The van der Waals surface area contributed by atoms with Gasteiger partial charge in [-0.05, 0) is 36.8 Å². The maximum absolute atomic E-state index is 12.4. The number of carbonyl (C=O) groups is 2. The maximum atomic E-state index is 12.4. The highest BCUT2D eigenvalue weighted by atomic mass is 32.2. The first-order valence-corrected chi connectivity index (χ1v) is 9.39.